The Labute approximate surface area is 122 Å². The molecule has 0 aliphatic heterocycles. The molecular formula is C12H8Cl2F3N3. The van der Waals surface area contributed by atoms with Crippen LogP contribution >= 0.6 is 23.2 Å². The monoisotopic (exact) mass is 321 g/mol. The van der Waals surface area contributed by atoms with Crippen LogP contribution in [0.3, 0.4) is 0 Å². The van der Waals surface area contributed by atoms with E-state index in [-0.39, 0.29) is 11.6 Å². The van der Waals surface area contributed by atoms with E-state index in [1.807, 2.05) is 0 Å². The summed E-state index contributed by atoms with van der Waals surface area (Å²) in [6.07, 6.45) is -4.51. The van der Waals surface area contributed by atoms with E-state index < -0.39 is 11.7 Å². The highest BCUT2D eigenvalue weighted by molar-refractivity contribution is 6.35. The van der Waals surface area contributed by atoms with Crippen LogP contribution in [0, 0.1) is 0 Å². The molecule has 0 radical (unpaired) electrons. The number of aromatic nitrogens is 1. The van der Waals surface area contributed by atoms with Gasteiger partial charge in [-0.15, -0.1) is 0 Å². The number of rotatable bonds is 2. The van der Waals surface area contributed by atoms with Gasteiger partial charge in [0.1, 0.15) is 11.6 Å². The molecule has 2 rings (SSSR count). The molecule has 1 aromatic heterocycles. The summed E-state index contributed by atoms with van der Waals surface area (Å²) in [5, 5.41) is 3.34. The van der Waals surface area contributed by atoms with Gasteiger partial charge >= 0.3 is 6.18 Å². The second-order valence-corrected chi connectivity index (χ2v) is 4.76. The first-order valence-corrected chi connectivity index (χ1v) is 6.08. The van der Waals surface area contributed by atoms with Gasteiger partial charge in [0.05, 0.1) is 16.3 Å². The minimum Gasteiger partial charge on any atom is -0.384 e. The smallest absolute Gasteiger partial charge is 0.384 e. The normalized spacial score (nSPS) is 11.4. The number of anilines is 3. The van der Waals surface area contributed by atoms with Crippen LogP contribution in [-0.4, -0.2) is 4.98 Å². The van der Waals surface area contributed by atoms with E-state index in [2.05, 4.69) is 10.3 Å². The largest absolute Gasteiger partial charge is 0.416 e. The number of pyridine rings is 1. The molecule has 3 N–H and O–H groups in total. The zero-order valence-electron chi connectivity index (χ0n) is 9.80. The Morgan fingerprint density at radius 2 is 1.80 bits per heavy atom. The lowest BCUT2D eigenvalue weighted by Gasteiger charge is -2.12. The van der Waals surface area contributed by atoms with Gasteiger partial charge in [0.2, 0.25) is 0 Å². The summed E-state index contributed by atoms with van der Waals surface area (Å²) in [4.78, 5) is 3.78. The molecule has 0 spiro atoms. The predicted molar refractivity (Wildman–Crippen MR) is 73.4 cm³/mol. The first-order chi connectivity index (χ1) is 9.25. The third-order valence-electron chi connectivity index (χ3n) is 2.36. The Kier molecular flexibility index (Phi) is 3.96. The van der Waals surface area contributed by atoms with Gasteiger partial charge in [-0.3, -0.25) is 0 Å². The highest BCUT2D eigenvalue weighted by atomic mass is 35.5. The average Bonchev–Trinajstić information content (AvgIpc) is 2.32. The van der Waals surface area contributed by atoms with Crippen molar-refractivity contribution in [3.05, 3.63) is 45.9 Å². The molecule has 3 nitrogen and oxygen atoms in total. The Morgan fingerprint density at radius 3 is 2.45 bits per heavy atom. The summed E-state index contributed by atoms with van der Waals surface area (Å²) in [7, 11) is 0. The number of halogens is 5. The fourth-order valence-corrected chi connectivity index (χ4v) is 1.85. The fourth-order valence-electron chi connectivity index (χ4n) is 1.51. The number of hydrogen-bond acceptors (Lipinski definition) is 3. The molecule has 1 aromatic carbocycles. The van der Waals surface area contributed by atoms with Crippen LogP contribution in [0.15, 0.2) is 30.3 Å². The van der Waals surface area contributed by atoms with Crippen LogP contribution in [-0.2, 0) is 6.18 Å². The van der Waals surface area contributed by atoms with Crippen molar-refractivity contribution in [2.45, 2.75) is 6.18 Å². The van der Waals surface area contributed by atoms with Gasteiger partial charge in [0.25, 0.3) is 0 Å². The number of nitrogens with zero attached hydrogens (tertiary/aromatic N) is 1. The van der Waals surface area contributed by atoms with Crippen molar-refractivity contribution in [1.29, 1.82) is 0 Å². The third kappa shape index (κ3) is 3.46. The molecule has 2 aromatic rings. The standard InChI is InChI=1S/C12H8Cl2F3N3/c13-7-1-2-8(14)9(5-7)19-11-4-6(12(15,16)17)3-10(18)20-11/h1-5H,(H3,18,19,20). The molecule has 0 saturated carbocycles. The molecule has 0 aliphatic rings. The van der Waals surface area contributed by atoms with E-state index in [1.54, 1.807) is 6.07 Å². The van der Waals surface area contributed by atoms with Crippen molar-refractivity contribution in [2.75, 3.05) is 11.1 Å². The second-order valence-electron chi connectivity index (χ2n) is 3.91. The predicted octanol–water partition coefficient (Wildman–Crippen LogP) is 4.73. The zero-order valence-corrected chi connectivity index (χ0v) is 11.3. The lowest BCUT2D eigenvalue weighted by Crippen LogP contribution is -2.08. The van der Waals surface area contributed by atoms with E-state index in [0.717, 1.165) is 12.1 Å². The van der Waals surface area contributed by atoms with Crippen LogP contribution in [0.5, 0.6) is 0 Å². The highest BCUT2D eigenvalue weighted by Crippen LogP contribution is 2.33. The molecule has 0 aliphatic carbocycles. The van der Waals surface area contributed by atoms with Crippen molar-refractivity contribution >= 4 is 40.5 Å². The minimum absolute atomic E-state index is 0.0681. The summed E-state index contributed by atoms with van der Waals surface area (Å²) in [6.45, 7) is 0. The van der Waals surface area contributed by atoms with Crippen molar-refractivity contribution < 1.29 is 13.2 Å². The number of nitrogens with one attached hydrogen (secondary N) is 1. The topological polar surface area (TPSA) is 50.9 Å². The number of nitrogens with two attached hydrogens (primary N) is 1. The van der Waals surface area contributed by atoms with Crippen LogP contribution in [0.1, 0.15) is 5.56 Å². The van der Waals surface area contributed by atoms with Gasteiger partial charge in [0.15, 0.2) is 0 Å². The third-order valence-corrected chi connectivity index (χ3v) is 2.93. The number of nitrogen functional groups attached to an aromatic ring is 1. The molecule has 106 valence electrons. The molecular weight excluding hydrogens is 314 g/mol. The molecule has 20 heavy (non-hydrogen) atoms. The van der Waals surface area contributed by atoms with Gasteiger partial charge < -0.3 is 11.1 Å². The maximum atomic E-state index is 12.7. The molecule has 0 atom stereocenters. The summed E-state index contributed by atoms with van der Waals surface area (Å²) in [6, 6.07) is 6.15. The molecule has 0 saturated heterocycles. The Hall–Kier alpha value is -1.66. The minimum atomic E-state index is -4.51. The van der Waals surface area contributed by atoms with Crippen LogP contribution in [0.4, 0.5) is 30.5 Å². The van der Waals surface area contributed by atoms with Crippen molar-refractivity contribution in [3.8, 4) is 0 Å². The van der Waals surface area contributed by atoms with Crippen molar-refractivity contribution in [2.24, 2.45) is 0 Å². The maximum absolute atomic E-state index is 12.7. The highest BCUT2D eigenvalue weighted by Gasteiger charge is 2.31. The van der Waals surface area contributed by atoms with Gasteiger partial charge in [-0.25, -0.2) is 4.98 Å². The van der Waals surface area contributed by atoms with Gasteiger partial charge in [0, 0.05) is 5.02 Å². The van der Waals surface area contributed by atoms with Gasteiger partial charge in [-0.05, 0) is 30.3 Å². The zero-order chi connectivity index (χ0) is 14.9. The van der Waals surface area contributed by atoms with Crippen molar-refractivity contribution in [1.82, 2.24) is 4.98 Å². The second kappa shape index (κ2) is 5.38. The Morgan fingerprint density at radius 1 is 1.10 bits per heavy atom. The summed E-state index contributed by atoms with van der Waals surface area (Å²) >= 11 is 11.7. The summed E-state index contributed by atoms with van der Waals surface area (Å²) in [5.41, 5.74) is 4.81. The fraction of sp³-hybridized carbons (Fsp3) is 0.0833. The molecule has 0 bridgehead atoms. The Bertz CT molecular complexity index is 644. The van der Waals surface area contributed by atoms with Gasteiger partial charge in [-0.1, -0.05) is 23.2 Å². The summed E-state index contributed by atoms with van der Waals surface area (Å²) in [5.74, 6) is -0.318. The molecule has 0 amide bonds. The van der Waals surface area contributed by atoms with Crippen LogP contribution < -0.4 is 11.1 Å². The quantitative estimate of drug-likeness (QED) is 0.840. The van der Waals surface area contributed by atoms with E-state index in [1.165, 1.54) is 12.1 Å². The lowest BCUT2D eigenvalue weighted by atomic mass is 10.2. The van der Waals surface area contributed by atoms with Gasteiger partial charge in [-0.2, -0.15) is 13.2 Å². The van der Waals surface area contributed by atoms with Crippen LogP contribution in [0.2, 0.25) is 10.0 Å². The molecule has 0 fully saturated rings. The Balaban J connectivity index is 2.39. The van der Waals surface area contributed by atoms with E-state index in [0.29, 0.717) is 15.7 Å². The van der Waals surface area contributed by atoms with E-state index >= 15 is 0 Å². The first kappa shape index (κ1) is 14.7. The molecule has 0 unspecified atom stereocenters. The number of benzene rings is 1. The average molecular weight is 322 g/mol. The van der Waals surface area contributed by atoms with E-state index in [9.17, 15) is 13.2 Å². The van der Waals surface area contributed by atoms with Crippen LogP contribution in [0.25, 0.3) is 0 Å². The molecule has 8 heteroatoms. The number of alkyl halides is 3. The first-order valence-electron chi connectivity index (χ1n) is 5.32. The number of hydrogen-bond donors (Lipinski definition) is 2. The van der Waals surface area contributed by atoms with Crippen molar-refractivity contribution in [3.63, 3.8) is 0 Å². The lowest BCUT2D eigenvalue weighted by molar-refractivity contribution is -0.137. The summed E-state index contributed by atoms with van der Waals surface area (Å²) < 4.78 is 38.0. The maximum Gasteiger partial charge on any atom is 0.416 e. The van der Waals surface area contributed by atoms with E-state index in [4.69, 9.17) is 28.9 Å². The molecule has 1 heterocycles. The SMILES string of the molecule is Nc1cc(C(F)(F)F)cc(Nc2cc(Cl)ccc2Cl)n1.